The third kappa shape index (κ3) is 3.56. The number of hydrogen-bond donors (Lipinski definition) is 1. The largest absolute Gasteiger partial charge is 0.378 e. The van der Waals surface area contributed by atoms with Gasteiger partial charge in [0.05, 0.1) is 23.3 Å². The highest BCUT2D eigenvalue weighted by molar-refractivity contribution is 6.42. The molecule has 21 heavy (non-hydrogen) atoms. The predicted octanol–water partition coefficient (Wildman–Crippen LogP) is 3.36. The Labute approximate surface area is 132 Å². The maximum absolute atomic E-state index is 6.01. The number of anilines is 3. The zero-order valence-electron chi connectivity index (χ0n) is 11.2. The van der Waals surface area contributed by atoms with Crippen molar-refractivity contribution in [2.24, 2.45) is 0 Å². The minimum atomic E-state index is 0.504. The molecule has 0 amide bonds. The van der Waals surface area contributed by atoms with Crippen molar-refractivity contribution in [3.05, 3.63) is 40.6 Å². The molecule has 0 spiro atoms. The van der Waals surface area contributed by atoms with Gasteiger partial charge in [0, 0.05) is 24.8 Å². The van der Waals surface area contributed by atoms with Crippen LogP contribution in [0.1, 0.15) is 0 Å². The lowest BCUT2D eigenvalue weighted by Crippen LogP contribution is -2.36. The van der Waals surface area contributed by atoms with Gasteiger partial charge in [-0.1, -0.05) is 23.2 Å². The minimum absolute atomic E-state index is 0.504. The number of nitrogens with zero attached hydrogens (tertiary/aromatic N) is 3. The number of halogens is 2. The monoisotopic (exact) mass is 324 g/mol. The van der Waals surface area contributed by atoms with Crippen molar-refractivity contribution in [1.29, 1.82) is 0 Å². The highest BCUT2D eigenvalue weighted by Gasteiger charge is 2.13. The van der Waals surface area contributed by atoms with E-state index >= 15 is 0 Å². The second-order valence-electron chi connectivity index (χ2n) is 4.61. The summed E-state index contributed by atoms with van der Waals surface area (Å²) >= 11 is 11.9. The van der Waals surface area contributed by atoms with Crippen LogP contribution in [-0.4, -0.2) is 36.3 Å². The highest BCUT2D eigenvalue weighted by atomic mass is 35.5. The average molecular weight is 325 g/mol. The lowest BCUT2D eigenvalue weighted by atomic mass is 10.3. The number of rotatable bonds is 3. The first-order valence-electron chi connectivity index (χ1n) is 6.59. The Kier molecular flexibility index (Phi) is 4.43. The van der Waals surface area contributed by atoms with Crippen LogP contribution < -0.4 is 10.2 Å². The Bertz CT molecular complexity index is 632. The SMILES string of the molecule is Clc1ccc(Nc2cc(N3CCOCC3)ncn2)cc1Cl. The van der Waals surface area contributed by atoms with E-state index in [9.17, 15) is 0 Å². The van der Waals surface area contributed by atoms with Gasteiger partial charge in [-0.2, -0.15) is 0 Å². The molecule has 1 aromatic heterocycles. The molecular weight excluding hydrogens is 311 g/mol. The summed E-state index contributed by atoms with van der Waals surface area (Å²) in [4.78, 5) is 10.7. The van der Waals surface area contributed by atoms with E-state index in [-0.39, 0.29) is 0 Å². The molecule has 1 N–H and O–H groups in total. The zero-order chi connectivity index (χ0) is 14.7. The number of morpholine rings is 1. The number of benzene rings is 1. The fourth-order valence-electron chi connectivity index (χ4n) is 2.10. The molecule has 1 aromatic carbocycles. The van der Waals surface area contributed by atoms with Crippen molar-refractivity contribution in [2.45, 2.75) is 0 Å². The molecule has 5 nitrogen and oxygen atoms in total. The summed E-state index contributed by atoms with van der Waals surface area (Å²) in [6.07, 6.45) is 1.55. The van der Waals surface area contributed by atoms with E-state index < -0.39 is 0 Å². The Hall–Kier alpha value is -1.56. The van der Waals surface area contributed by atoms with Crippen LogP contribution in [-0.2, 0) is 4.74 Å². The first kappa shape index (κ1) is 14.4. The van der Waals surface area contributed by atoms with E-state index in [4.69, 9.17) is 27.9 Å². The maximum atomic E-state index is 6.01. The standard InChI is InChI=1S/C14H14Cl2N4O/c15-11-2-1-10(7-12(11)16)19-13-8-14(18-9-17-13)20-3-5-21-6-4-20/h1-2,7-9H,3-6H2,(H,17,18,19). The van der Waals surface area contributed by atoms with Gasteiger partial charge in [0.2, 0.25) is 0 Å². The van der Waals surface area contributed by atoms with Crippen molar-refractivity contribution >= 4 is 40.5 Å². The van der Waals surface area contributed by atoms with Crippen molar-refractivity contribution in [2.75, 3.05) is 36.5 Å². The van der Waals surface area contributed by atoms with Gasteiger partial charge in [-0.05, 0) is 18.2 Å². The van der Waals surface area contributed by atoms with Crippen LogP contribution in [0.4, 0.5) is 17.3 Å². The maximum Gasteiger partial charge on any atom is 0.135 e. The number of hydrogen-bond acceptors (Lipinski definition) is 5. The van der Waals surface area contributed by atoms with Crippen LogP contribution in [0.25, 0.3) is 0 Å². The summed E-state index contributed by atoms with van der Waals surface area (Å²) in [6.45, 7) is 3.12. The van der Waals surface area contributed by atoms with Crippen LogP contribution in [0.5, 0.6) is 0 Å². The molecule has 110 valence electrons. The van der Waals surface area contributed by atoms with Crippen LogP contribution in [0.2, 0.25) is 10.0 Å². The van der Waals surface area contributed by atoms with Crippen LogP contribution in [0.15, 0.2) is 30.6 Å². The molecule has 0 aliphatic carbocycles. The van der Waals surface area contributed by atoms with Gasteiger partial charge in [0.15, 0.2) is 0 Å². The van der Waals surface area contributed by atoms with E-state index in [0.29, 0.717) is 15.9 Å². The van der Waals surface area contributed by atoms with Crippen LogP contribution in [0, 0.1) is 0 Å². The smallest absolute Gasteiger partial charge is 0.135 e. The van der Waals surface area contributed by atoms with E-state index in [2.05, 4.69) is 20.2 Å². The quantitative estimate of drug-likeness (QED) is 0.938. The van der Waals surface area contributed by atoms with Gasteiger partial charge in [0.25, 0.3) is 0 Å². The van der Waals surface area contributed by atoms with E-state index in [0.717, 1.165) is 37.8 Å². The molecule has 7 heteroatoms. The minimum Gasteiger partial charge on any atom is -0.378 e. The van der Waals surface area contributed by atoms with Crippen molar-refractivity contribution < 1.29 is 4.74 Å². The first-order chi connectivity index (χ1) is 10.2. The summed E-state index contributed by atoms with van der Waals surface area (Å²) in [5, 5.41) is 4.23. The molecule has 2 heterocycles. The summed E-state index contributed by atoms with van der Waals surface area (Å²) in [5.41, 5.74) is 0.830. The Morgan fingerprint density at radius 3 is 2.62 bits per heavy atom. The second kappa shape index (κ2) is 6.47. The lowest BCUT2D eigenvalue weighted by molar-refractivity contribution is 0.122. The van der Waals surface area contributed by atoms with E-state index in [1.165, 1.54) is 0 Å². The van der Waals surface area contributed by atoms with Crippen molar-refractivity contribution in [3.63, 3.8) is 0 Å². The zero-order valence-corrected chi connectivity index (χ0v) is 12.7. The topological polar surface area (TPSA) is 50.3 Å². The van der Waals surface area contributed by atoms with Crippen LogP contribution >= 0.6 is 23.2 Å². The van der Waals surface area contributed by atoms with Gasteiger partial charge in [-0.15, -0.1) is 0 Å². The van der Waals surface area contributed by atoms with Gasteiger partial charge >= 0.3 is 0 Å². The number of aromatic nitrogens is 2. The molecule has 1 saturated heterocycles. The van der Waals surface area contributed by atoms with Gasteiger partial charge in [0.1, 0.15) is 18.0 Å². The molecule has 3 rings (SSSR count). The van der Waals surface area contributed by atoms with Gasteiger partial charge in [-0.25, -0.2) is 9.97 Å². The highest BCUT2D eigenvalue weighted by Crippen LogP contribution is 2.27. The fourth-order valence-corrected chi connectivity index (χ4v) is 2.40. The molecular formula is C14H14Cl2N4O. The van der Waals surface area contributed by atoms with Crippen molar-refractivity contribution in [1.82, 2.24) is 9.97 Å². The fraction of sp³-hybridized carbons (Fsp3) is 0.286. The molecule has 2 aromatic rings. The lowest BCUT2D eigenvalue weighted by Gasteiger charge is -2.27. The molecule has 1 fully saturated rings. The first-order valence-corrected chi connectivity index (χ1v) is 7.35. The third-order valence-electron chi connectivity index (χ3n) is 3.18. The molecule has 1 aliphatic rings. The van der Waals surface area contributed by atoms with Gasteiger partial charge in [-0.3, -0.25) is 0 Å². The Morgan fingerprint density at radius 2 is 1.86 bits per heavy atom. The summed E-state index contributed by atoms with van der Waals surface area (Å²) in [7, 11) is 0. The molecule has 0 radical (unpaired) electrons. The number of ether oxygens (including phenoxy) is 1. The molecule has 0 bridgehead atoms. The van der Waals surface area contributed by atoms with Crippen molar-refractivity contribution in [3.8, 4) is 0 Å². The number of nitrogens with one attached hydrogen (secondary N) is 1. The second-order valence-corrected chi connectivity index (χ2v) is 5.43. The summed E-state index contributed by atoms with van der Waals surface area (Å²) < 4.78 is 5.34. The summed E-state index contributed by atoms with van der Waals surface area (Å²) in [6, 6.07) is 7.27. The summed E-state index contributed by atoms with van der Waals surface area (Å²) in [5.74, 6) is 1.60. The molecule has 1 aliphatic heterocycles. The van der Waals surface area contributed by atoms with E-state index in [1.54, 1.807) is 18.5 Å². The Morgan fingerprint density at radius 1 is 1.05 bits per heavy atom. The predicted molar refractivity (Wildman–Crippen MR) is 84.8 cm³/mol. The molecule has 0 saturated carbocycles. The third-order valence-corrected chi connectivity index (χ3v) is 3.92. The average Bonchev–Trinajstić information content (AvgIpc) is 2.52. The van der Waals surface area contributed by atoms with E-state index in [1.807, 2.05) is 12.1 Å². The van der Waals surface area contributed by atoms with Crippen LogP contribution in [0.3, 0.4) is 0 Å². The Balaban J connectivity index is 1.77. The van der Waals surface area contributed by atoms with Gasteiger partial charge < -0.3 is 15.0 Å². The molecule has 0 atom stereocenters. The normalized spacial score (nSPS) is 15.0. The molecule has 0 unspecified atom stereocenters.